The molecule has 8 heteroatoms. The minimum Gasteiger partial charge on any atom is -0.301 e. The minimum atomic E-state index is -4.50. The summed E-state index contributed by atoms with van der Waals surface area (Å²) in [4.78, 5) is 13.1. The highest BCUT2D eigenvalue weighted by molar-refractivity contribution is 7.47. The topological polar surface area (TPSA) is 65.0 Å². The molecule has 0 aromatic rings. The van der Waals surface area contributed by atoms with E-state index >= 15 is 0 Å². The molecule has 0 amide bonds. The first kappa shape index (κ1) is 13.3. The second-order valence-electron chi connectivity index (χ2n) is 2.36. The Balaban J connectivity index is 3.87. The van der Waals surface area contributed by atoms with Crippen molar-refractivity contribution in [2.45, 2.75) is 26.3 Å². The molecule has 0 spiro atoms. The summed E-state index contributed by atoms with van der Waals surface area (Å²) < 4.78 is 31.0. The number of hydrogen-bond donors (Lipinski definition) is 1. The van der Waals surface area contributed by atoms with E-state index in [4.69, 9.17) is 16.5 Å². The van der Waals surface area contributed by atoms with Crippen molar-refractivity contribution in [3.8, 4) is 0 Å². The highest BCUT2D eigenvalue weighted by Crippen LogP contribution is 2.45. The van der Waals surface area contributed by atoms with Gasteiger partial charge in [0.05, 0.1) is 12.0 Å². The molecule has 0 fully saturated rings. The Morgan fingerprint density at radius 3 is 2.54 bits per heavy atom. The van der Waals surface area contributed by atoms with E-state index in [0.29, 0.717) is 0 Å². The van der Waals surface area contributed by atoms with Gasteiger partial charge < -0.3 is 4.89 Å². The first-order chi connectivity index (χ1) is 5.87. The van der Waals surface area contributed by atoms with Crippen LogP contribution in [0.2, 0.25) is 0 Å². The molecule has 0 aliphatic heterocycles. The molecule has 0 saturated heterocycles. The van der Waals surface area contributed by atoms with Crippen LogP contribution in [0.25, 0.3) is 0 Å². The van der Waals surface area contributed by atoms with Gasteiger partial charge in [0.1, 0.15) is 0 Å². The standard InChI is InChI=1S/C5H11ClFO5P/c1-4(2)10-12-13(8,9)11-5(7)3-6/h4-5H,3H2,1-2H3,(H,8,9). The predicted molar refractivity (Wildman–Crippen MR) is 43.8 cm³/mol. The van der Waals surface area contributed by atoms with E-state index in [0.717, 1.165) is 0 Å². The van der Waals surface area contributed by atoms with Crippen molar-refractivity contribution in [1.29, 1.82) is 0 Å². The van der Waals surface area contributed by atoms with Crippen molar-refractivity contribution in [2.24, 2.45) is 0 Å². The van der Waals surface area contributed by atoms with Crippen LogP contribution in [-0.2, 0) is 18.7 Å². The van der Waals surface area contributed by atoms with E-state index < -0.39 is 26.2 Å². The predicted octanol–water partition coefficient (Wildman–Crippen LogP) is 1.99. The summed E-state index contributed by atoms with van der Waals surface area (Å²) in [5.74, 6) is -0.560. The van der Waals surface area contributed by atoms with Gasteiger partial charge in [-0.2, -0.15) is 0 Å². The fraction of sp³-hybridized carbons (Fsp3) is 1.00. The fourth-order valence-corrected chi connectivity index (χ4v) is 1.16. The molecule has 2 atom stereocenters. The highest BCUT2D eigenvalue weighted by Gasteiger charge is 2.28. The average molecular weight is 237 g/mol. The molecule has 80 valence electrons. The quantitative estimate of drug-likeness (QED) is 0.331. The second kappa shape index (κ2) is 5.90. The molecule has 0 bridgehead atoms. The molecule has 0 heterocycles. The van der Waals surface area contributed by atoms with E-state index in [2.05, 4.69) is 14.1 Å². The van der Waals surface area contributed by atoms with Gasteiger partial charge in [-0.25, -0.2) is 18.4 Å². The van der Waals surface area contributed by atoms with E-state index in [1.54, 1.807) is 13.8 Å². The van der Waals surface area contributed by atoms with Crippen LogP contribution in [0.4, 0.5) is 4.39 Å². The summed E-state index contributed by atoms with van der Waals surface area (Å²) in [6, 6.07) is 0. The number of phosphoric acid groups is 1. The first-order valence-corrected chi connectivity index (χ1v) is 5.46. The average Bonchev–Trinajstić information content (AvgIpc) is 2.00. The zero-order chi connectivity index (χ0) is 10.5. The van der Waals surface area contributed by atoms with Gasteiger partial charge in [0.15, 0.2) is 0 Å². The Morgan fingerprint density at radius 1 is 1.62 bits per heavy atom. The van der Waals surface area contributed by atoms with Crippen molar-refractivity contribution in [1.82, 2.24) is 0 Å². The van der Waals surface area contributed by atoms with Gasteiger partial charge >= 0.3 is 7.82 Å². The van der Waals surface area contributed by atoms with Crippen molar-refractivity contribution in [2.75, 3.05) is 5.88 Å². The normalized spacial score (nSPS) is 18.6. The second-order valence-corrected chi connectivity index (χ2v) is 3.96. The lowest BCUT2D eigenvalue weighted by Gasteiger charge is -2.13. The lowest BCUT2D eigenvalue weighted by molar-refractivity contribution is -0.253. The van der Waals surface area contributed by atoms with Crippen LogP contribution in [-0.4, -0.2) is 23.2 Å². The Labute approximate surface area is 80.3 Å². The molecule has 2 unspecified atom stereocenters. The van der Waals surface area contributed by atoms with E-state index in [-0.39, 0.29) is 0 Å². The number of phosphoric ester groups is 1. The van der Waals surface area contributed by atoms with Crippen LogP contribution in [0.3, 0.4) is 0 Å². The smallest absolute Gasteiger partial charge is 0.301 e. The molecule has 0 rings (SSSR count). The van der Waals surface area contributed by atoms with Gasteiger partial charge in [0, 0.05) is 0 Å². The summed E-state index contributed by atoms with van der Waals surface area (Å²) in [6.45, 7) is 3.13. The van der Waals surface area contributed by atoms with Crippen molar-refractivity contribution in [3.63, 3.8) is 0 Å². The zero-order valence-corrected chi connectivity index (χ0v) is 8.80. The fourth-order valence-electron chi connectivity index (χ4n) is 0.331. The van der Waals surface area contributed by atoms with E-state index in [9.17, 15) is 8.96 Å². The SMILES string of the molecule is CC(C)OOP(=O)(O)OC(F)CCl. The molecule has 0 aromatic heterocycles. The molecule has 0 aliphatic carbocycles. The maximum atomic E-state index is 12.3. The van der Waals surface area contributed by atoms with Gasteiger partial charge in [0.25, 0.3) is 0 Å². The number of halogens is 2. The lowest BCUT2D eigenvalue weighted by Crippen LogP contribution is -2.09. The van der Waals surface area contributed by atoms with Crippen LogP contribution in [0, 0.1) is 0 Å². The summed E-state index contributed by atoms with van der Waals surface area (Å²) in [6.07, 6.45) is -2.49. The number of rotatable bonds is 6. The molecule has 5 nitrogen and oxygen atoms in total. The zero-order valence-electron chi connectivity index (χ0n) is 7.15. The van der Waals surface area contributed by atoms with Crippen LogP contribution in [0.15, 0.2) is 0 Å². The summed E-state index contributed by atoms with van der Waals surface area (Å²) >= 11 is 4.99. The van der Waals surface area contributed by atoms with Crippen LogP contribution in [0.1, 0.15) is 13.8 Å². The molecule has 1 N–H and O–H groups in total. The van der Waals surface area contributed by atoms with Gasteiger partial charge in [-0.05, 0) is 13.8 Å². The monoisotopic (exact) mass is 236 g/mol. The molecule has 0 radical (unpaired) electrons. The number of alkyl halides is 2. The van der Waals surface area contributed by atoms with E-state index in [1.165, 1.54) is 0 Å². The van der Waals surface area contributed by atoms with Gasteiger partial charge in [-0.15, -0.1) is 16.3 Å². The molecule has 0 aliphatic rings. The van der Waals surface area contributed by atoms with Crippen molar-refractivity contribution in [3.05, 3.63) is 0 Å². The molecular formula is C5H11ClFO5P. The van der Waals surface area contributed by atoms with Crippen LogP contribution < -0.4 is 0 Å². The summed E-state index contributed by atoms with van der Waals surface area (Å²) in [5, 5.41) is 0. The Morgan fingerprint density at radius 2 is 2.15 bits per heavy atom. The van der Waals surface area contributed by atoms with Gasteiger partial charge in [-0.1, -0.05) is 0 Å². The highest BCUT2D eigenvalue weighted by atomic mass is 35.5. The van der Waals surface area contributed by atoms with Crippen molar-refractivity contribution < 1.29 is 27.9 Å². The molecule has 0 saturated carbocycles. The van der Waals surface area contributed by atoms with Crippen LogP contribution >= 0.6 is 19.4 Å². The third kappa shape index (κ3) is 7.37. The third-order valence-electron chi connectivity index (χ3n) is 0.699. The maximum Gasteiger partial charge on any atom is 0.502 e. The van der Waals surface area contributed by atoms with Crippen LogP contribution in [0.5, 0.6) is 0 Å². The first-order valence-electron chi connectivity index (χ1n) is 3.43. The van der Waals surface area contributed by atoms with Gasteiger partial charge in [-0.3, -0.25) is 0 Å². The Kier molecular flexibility index (Phi) is 6.04. The summed E-state index contributed by atoms with van der Waals surface area (Å²) in [5.41, 5.74) is 0. The number of hydrogen-bond acceptors (Lipinski definition) is 4. The lowest BCUT2D eigenvalue weighted by atomic mass is 10.5. The van der Waals surface area contributed by atoms with Gasteiger partial charge in [0.2, 0.25) is 6.36 Å². The van der Waals surface area contributed by atoms with E-state index in [1.807, 2.05) is 0 Å². The molecule has 13 heavy (non-hydrogen) atoms. The minimum absolute atomic E-state index is 0.432. The maximum absolute atomic E-state index is 12.3. The molecule has 0 aromatic carbocycles. The largest absolute Gasteiger partial charge is 0.502 e. The summed E-state index contributed by atoms with van der Waals surface area (Å²) in [7, 11) is -4.50. The Bertz CT molecular complexity index is 190. The third-order valence-corrected chi connectivity index (χ3v) is 1.71. The van der Waals surface area contributed by atoms with Crippen molar-refractivity contribution >= 4 is 19.4 Å². The molecular weight excluding hydrogens is 225 g/mol. The Hall–Kier alpha value is 0.290.